The number of amides is 1. The van der Waals surface area contributed by atoms with Gasteiger partial charge in [-0.3, -0.25) is 19.4 Å². The van der Waals surface area contributed by atoms with Crippen LogP contribution in [-0.2, 0) is 11.3 Å². The molecule has 0 aliphatic carbocycles. The molecule has 152 valence electrons. The van der Waals surface area contributed by atoms with Gasteiger partial charge in [0.2, 0.25) is 0 Å². The average molecular weight is 395 g/mol. The molecule has 29 heavy (non-hydrogen) atoms. The average Bonchev–Trinajstić information content (AvgIpc) is 3.23. The van der Waals surface area contributed by atoms with Crippen molar-refractivity contribution in [2.75, 3.05) is 13.2 Å². The van der Waals surface area contributed by atoms with Crippen molar-refractivity contribution in [1.82, 2.24) is 19.3 Å². The van der Waals surface area contributed by atoms with Gasteiger partial charge in [-0.2, -0.15) is 0 Å². The van der Waals surface area contributed by atoms with Crippen LogP contribution in [0.5, 0.6) is 0 Å². The van der Waals surface area contributed by atoms with Gasteiger partial charge in [0.05, 0.1) is 17.1 Å². The molecule has 4 heterocycles. The summed E-state index contributed by atoms with van der Waals surface area (Å²) in [5, 5.41) is 11.8. The van der Waals surface area contributed by atoms with Crippen LogP contribution in [-0.4, -0.2) is 39.1 Å². The quantitative estimate of drug-likeness (QED) is 0.643. The third kappa shape index (κ3) is 3.44. The number of ether oxygens (including phenoxy) is 1. The van der Waals surface area contributed by atoms with E-state index >= 15 is 0 Å². The van der Waals surface area contributed by atoms with Crippen molar-refractivity contribution in [1.29, 1.82) is 5.41 Å². The minimum atomic E-state index is -0.369. The topological polar surface area (TPSA) is 101 Å². The van der Waals surface area contributed by atoms with E-state index in [-0.39, 0.29) is 28.6 Å². The van der Waals surface area contributed by atoms with Crippen LogP contribution in [0.1, 0.15) is 42.1 Å². The molecule has 1 aliphatic rings. The molecule has 1 atom stereocenters. The van der Waals surface area contributed by atoms with Crippen LogP contribution < -0.4 is 16.4 Å². The first-order chi connectivity index (χ1) is 14.0. The molecule has 0 aromatic carbocycles. The summed E-state index contributed by atoms with van der Waals surface area (Å²) in [4.78, 5) is 30.6. The SMILES string of the molecule is CCCn1c(=N)c(C(=O)NC[C@@H]2CCCO2)cc2c(=O)n3cccc(C)c3nc21. The van der Waals surface area contributed by atoms with Gasteiger partial charge in [-0.15, -0.1) is 0 Å². The number of nitrogens with zero attached hydrogens (tertiary/aromatic N) is 3. The predicted octanol–water partition coefficient (Wildman–Crippen LogP) is 1.76. The van der Waals surface area contributed by atoms with Crippen molar-refractivity contribution in [3.05, 3.63) is 51.4 Å². The summed E-state index contributed by atoms with van der Waals surface area (Å²) >= 11 is 0. The zero-order chi connectivity index (χ0) is 20.5. The lowest BCUT2D eigenvalue weighted by atomic mass is 10.1. The van der Waals surface area contributed by atoms with Crippen molar-refractivity contribution < 1.29 is 9.53 Å². The highest BCUT2D eigenvalue weighted by Gasteiger charge is 2.20. The highest BCUT2D eigenvalue weighted by molar-refractivity contribution is 5.96. The molecule has 8 nitrogen and oxygen atoms in total. The molecular weight excluding hydrogens is 370 g/mol. The van der Waals surface area contributed by atoms with Gasteiger partial charge in [0.1, 0.15) is 16.8 Å². The zero-order valence-electron chi connectivity index (χ0n) is 16.7. The van der Waals surface area contributed by atoms with Gasteiger partial charge in [-0.1, -0.05) is 13.0 Å². The lowest BCUT2D eigenvalue weighted by molar-refractivity contribution is 0.0855. The summed E-state index contributed by atoms with van der Waals surface area (Å²) in [5.74, 6) is -0.369. The fourth-order valence-electron chi connectivity index (χ4n) is 3.82. The maximum Gasteiger partial charge on any atom is 0.267 e. The number of carbonyl (C=O) groups excluding carboxylic acids is 1. The second-order valence-corrected chi connectivity index (χ2v) is 7.44. The van der Waals surface area contributed by atoms with E-state index < -0.39 is 0 Å². The summed E-state index contributed by atoms with van der Waals surface area (Å²) in [6.07, 6.45) is 4.34. The molecule has 2 N–H and O–H groups in total. The second-order valence-electron chi connectivity index (χ2n) is 7.44. The minimum Gasteiger partial charge on any atom is -0.376 e. The van der Waals surface area contributed by atoms with Crippen molar-refractivity contribution >= 4 is 22.6 Å². The number of fused-ring (bicyclic) bond motifs is 2. The highest BCUT2D eigenvalue weighted by Crippen LogP contribution is 2.14. The van der Waals surface area contributed by atoms with Gasteiger partial charge < -0.3 is 14.6 Å². The largest absolute Gasteiger partial charge is 0.376 e. The Hall–Kier alpha value is -3.00. The lowest BCUT2D eigenvalue weighted by Crippen LogP contribution is -2.37. The van der Waals surface area contributed by atoms with Gasteiger partial charge in [-0.05, 0) is 43.9 Å². The first-order valence-corrected chi connectivity index (χ1v) is 10.0. The number of carbonyl (C=O) groups is 1. The van der Waals surface area contributed by atoms with Crippen LogP contribution in [0.25, 0.3) is 16.7 Å². The number of hydrogen-bond acceptors (Lipinski definition) is 5. The Bertz CT molecular complexity index is 1200. The Morgan fingerprint density at radius 1 is 1.41 bits per heavy atom. The molecule has 0 radical (unpaired) electrons. The van der Waals surface area contributed by atoms with E-state index in [9.17, 15) is 9.59 Å². The summed E-state index contributed by atoms with van der Waals surface area (Å²) in [6.45, 7) is 5.49. The number of rotatable bonds is 5. The normalized spacial score (nSPS) is 16.6. The van der Waals surface area contributed by atoms with Crippen molar-refractivity contribution in [2.24, 2.45) is 0 Å². The van der Waals surface area contributed by atoms with E-state index in [0.29, 0.717) is 36.4 Å². The van der Waals surface area contributed by atoms with E-state index in [1.54, 1.807) is 16.8 Å². The number of pyridine rings is 2. The summed E-state index contributed by atoms with van der Waals surface area (Å²) < 4.78 is 8.70. The molecular formula is C21H25N5O3. The molecule has 0 saturated carbocycles. The summed E-state index contributed by atoms with van der Waals surface area (Å²) in [6, 6.07) is 5.19. The monoisotopic (exact) mass is 395 g/mol. The fourth-order valence-corrected chi connectivity index (χ4v) is 3.82. The Kier molecular flexibility index (Phi) is 5.19. The first kappa shape index (κ1) is 19.3. The van der Waals surface area contributed by atoms with Crippen LogP contribution in [0.2, 0.25) is 0 Å². The van der Waals surface area contributed by atoms with Gasteiger partial charge in [-0.25, -0.2) is 4.98 Å². The number of aryl methyl sites for hydroxylation is 2. The molecule has 0 spiro atoms. The van der Waals surface area contributed by atoms with Gasteiger partial charge >= 0.3 is 0 Å². The van der Waals surface area contributed by atoms with Crippen molar-refractivity contribution in [2.45, 2.75) is 45.8 Å². The van der Waals surface area contributed by atoms with Crippen LogP contribution in [0.3, 0.4) is 0 Å². The van der Waals surface area contributed by atoms with E-state index in [1.807, 2.05) is 19.9 Å². The molecule has 0 unspecified atom stereocenters. The Morgan fingerprint density at radius 2 is 2.24 bits per heavy atom. The predicted molar refractivity (Wildman–Crippen MR) is 109 cm³/mol. The Labute approximate surface area is 167 Å². The van der Waals surface area contributed by atoms with Gasteiger partial charge in [0, 0.05) is 25.9 Å². The maximum atomic E-state index is 13.1. The van der Waals surface area contributed by atoms with Crippen LogP contribution in [0, 0.1) is 12.3 Å². The van der Waals surface area contributed by atoms with Crippen molar-refractivity contribution in [3.8, 4) is 0 Å². The molecule has 8 heteroatoms. The maximum absolute atomic E-state index is 13.1. The van der Waals surface area contributed by atoms with Gasteiger partial charge in [0.25, 0.3) is 11.5 Å². The number of nitrogens with one attached hydrogen (secondary N) is 2. The Balaban J connectivity index is 1.87. The minimum absolute atomic E-state index is 0.00978. The molecule has 0 bridgehead atoms. The van der Waals surface area contributed by atoms with E-state index in [2.05, 4.69) is 10.3 Å². The van der Waals surface area contributed by atoms with E-state index in [1.165, 1.54) is 10.5 Å². The van der Waals surface area contributed by atoms with E-state index in [4.69, 9.17) is 10.1 Å². The Morgan fingerprint density at radius 3 is 2.97 bits per heavy atom. The van der Waals surface area contributed by atoms with Crippen LogP contribution in [0.4, 0.5) is 0 Å². The molecule has 1 saturated heterocycles. The molecule has 1 fully saturated rings. The number of aromatic nitrogens is 3. The molecule has 4 rings (SSSR count). The van der Waals surface area contributed by atoms with Crippen LogP contribution >= 0.6 is 0 Å². The highest BCUT2D eigenvalue weighted by atomic mass is 16.5. The fraction of sp³-hybridized carbons (Fsp3) is 0.429. The van der Waals surface area contributed by atoms with Gasteiger partial charge in [0.15, 0.2) is 0 Å². The second kappa shape index (κ2) is 7.79. The van der Waals surface area contributed by atoms with Crippen LogP contribution in [0.15, 0.2) is 29.2 Å². The third-order valence-corrected chi connectivity index (χ3v) is 5.34. The molecule has 1 aliphatic heterocycles. The molecule has 3 aromatic rings. The smallest absolute Gasteiger partial charge is 0.267 e. The van der Waals surface area contributed by atoms with Crippen molar-refractivity contribution in [3.63, 3.8) is 0 Å². The summed E-state index contributed by atoms with van der Waals surface area (Å²) in [7, 11) is 0. The lowest BCUT2D eigenvalue weighted by Gasteiger charge is -2.15. The molecule has 1 amide bonds. The third-order valence-electron chi connectivity index (χ3n) is 5.34. The zero-order valence-corrected chi connectivity index (χ0v) is 16.7. The first-order valence-electron chi connectivity index (χ1n) is 10.0. The van der Waals surface area contributed by atoms with E-state index in [0.717, 1.165) is 24.8 Å². The summed E-state index contributed by atoms with van der Waals surface area (Å²) in [5.41, 5.74) is 1.87. The molecule has 3 aromatic heterocycles. The number of hydrogen-bond donors (Lipinski definition) is 2. The standard InChI is InChI=1S/C21H25N5O3/c1-3-8-25-17(22)15(20(27)23-12-14-7-5-10-29-14)11-16-19(25)24-18-13(2)6-4-9-26(18)21(16)28/h4,6,9,11,14,22H,3,5,7-8,10,12H2,1-2H3,(H,23,27)/t14-/m0/s1.